The van der Waals surface area contributed by atoms with E-state index < -0.39 is 16.0 Å². The van der Waals surface area contributed by atoms with Crippen molar-refractivity contribution in [1.82, 2.24) is 4.72 Å². The third-order valence-corrected chi connectivity index (χ3v) is 5.69. The Hall–Kier alpha value is -1.63. The van der Waals surface area contributed by atoms with E-state index in [4.69, 9.17) is 16.7 Å². The molecule has 0 heterocycles. The Bertz CT molecular complexity index is 756. The number of rotatable bonds is 9. The van der Waals surface area contributed by atoms with Crippen LogP contribution in [0.25, 0.3) is 6.08 Å². The Kier molecular flexibility index (Phi) is 7.87. The molecule has 0 amide bonds. The number of hydrogen-bond acceptors (Lipinski definition) is 3. The third kappa shape index (κ3) is 7.72. The fourth-order valence-corrected chi connectivity index (χ4v) is 4.19. The number of aliphatic carboxylic acids is 1. The largest absolute Gasteiger partial charge is 0.481 e. The highest BCUT2D eigenvalue weighted by molar-refractivity contribution is 7.92. The zero-order chi connectivity index (χ0) is 19.0. The fourth-order valence-electron chi connectivity index (χ4n) is 2.97. The third-order valence-electron chi connectivity index (χ3n) is 4.28. The highest BCUT2D eigenvalue weighted by Gasteiger charge is 2.25. The molecule has 0 aliphatic heterocycles. The number of hydrogen-bond donors (Lipinski definition) is 2. The highest BCUT2D eigenvalue weighted by atomic mass is 35.5. The first kappa shape index (κ1) is 20.7. The summed E-state index contributed by atoms with van der Waals surface area (Å²) in [7, 11) is -3.49. The number of carboxylic acids is 1. The van der Waals surface area contributed by atoms with Crippen molar-refractivity contribution in [2.24, 2.45) is 5.92 Å². The van der Waals surface area contributed by atoms with Crippen LogP contribution in [0.3, 0.4) is 0 Å². The zero-order valence-electron chi connectivity index (χ0n) is 14.5. The average Bonchev–Trinajstić information content (AvgIpc) is 3.00. The highest BCUT2D eigenvalue weighted by Crippen LogP contribution is 2.27. The maximum Gasteiger partial charge on any atom is 0.303 e. The molecule has 1 fully saturated rings. The molecule has 0 spiro atoms. The average molecular weight is 398 g/mol. The lowest BCUT2D eigenvalue weighted by Gasteiger charge is -2.10. The molecule has 2 N–H and O–H groups in total. The Labute approximate surface area is 159 Å². The molecule has 26 heavy (non-hydrogen) atoms. The van der Waals surface area contributed by atoms with E-state index in [2.05, 4.69) is 10.8 Å². The molecule has 1 saturated carbocycles. The smallest absolute Gasteiger partial charge is 0.303 e. The van der Waals surface area contributed by atoms with Gasteiger partial charge < -0.3 is 5.11 Å². The molecule has 1 aliphatic carbocycles. The van der Waals surface area contributed by atoms with Crippen LogP contribution in [0, 0.1) is 5.92 Å². The summed E-state index contributed by atoms with van der Waals surface area (Å²) in [6.07, 6.45) is 9.69. The van der Waals surface area contributed by atoms with Gasteiger partial charge in [-0.05, 0) is 61.8 Å². The van der Waals surface area contributed by atoms with Crippen molar-refractivity contribution in [2.45, 2.75) is 44.6 Å². The second kappa shape index (κ2) is 9.90. The lowest BCUT2D eigenvalue weighted by atomic mass is 10.1. The Morgan fingerprint density at radius 2 is 2.00 bits per heavy atom. The van der Waals surface area contributed by atoms with Crippen molar-refractivity contribution in [3.8, 4) is 0 Å². The quantitative estimate of drug-likeness (QED) is 0.483. The van der Waals surface area contributed by atoms with Gasteiger partial charge in [0.1, 0.15) is 0 Å². The van der Waals surface area contributed by atoms with E-state index in [9.17, 15) is 13.2 Å². The number of carboxylic acid groups (broad SMARTS) is 1. The van der Waals surface area contributed by atoms with E-state index >= 15 is 0 Å². The second-order valence-electron chi connectivity index (χ2n) is 6.50. The Morgan fingerprint density at radius 3 is 2.69 bits per heavy atom. The Balaban J connectivity index is 1.78. The van der Waals surface area contributed by atoms with Crippen molar-refractivity contribution in [1.29, 1.82) is 0 Å². The van der Waals surface area contributed by atoms with Gasteiger partial charge in [0.2, 0.25) is 10.0 Å². The van der Waals surface area contributed by atoms with Crippen LogP contribution in [0.5, 0.6) is 0 Å². The van der Waals surface area contributed by atoms with E-state index in [-0.39, 0.29) is 12.5 Å². The zero-order valence-corrected chi connectivity index (χ0v) is 16.0. The molecule has 2 rings (SSSR count). The molecule has 0 bridgehead atoms. The van der Waals surface area contributed by atoms with Crippen LogP contribution >= 0.6 is 11.6 Å². The minimum Gasteiger partial charge on any atom is -0.481 e. The van der Waals surface area contributed by atoms with Gasteiger partial charge in [-0.25, -0.2) is 13.1 Å². The van der Waals surface area contributed by atoms with E-state index in [1.165, 1.54) is 5.41 Å². The van der Waals surface area contributed by atoms with E-state index in [0.29, 0.717) is 17.4 Å². The van der Waals surface area contributed by atoms with Gasteiger partial charge in [0.25, 0.3) is 0 Å². The van der Waals surface area contributed by atoms with Gasteiger partial charge in [-0.3, -0.25) is 4.79 Å². The van der Waals surface area contributed by atoms with Crippen molar-refractivity contribution < 1.29 is 18.3 Å². The summed E-state index contributed by atoms with van der Waals surface area (Å²) in [5.74, 6) is -0.437. The molecule has 1 aromatic rings. The maximum absolute atomic E-state index is 12.2. The number of halogens is 1. The van der Waals surface area contributed by atoms with Crippen molar-refractivity contribution in [3.63, 3.8) is 0 Å². The molecule has 5 nitrogen and oxygen atoms in total. The molecule has 1 aliphatic rings. The molecule has 1 aromatic carbocycles. The molecule has 2 unspecified atom stereocenters. The van der Waals surface area contributed by atoms with Gasteiger partial charge in [0.05, 0.1) is 0 Å². The molecule has 142 valence electrons. The van der Waals surface area contributed by atoms with Crippen LogP contribution < -0.4 is 4.72 Å². The molecule has 0 aromatic heterocycles. The predicted octanol–water partition coefficient (Wildman–Crippen LogP) is 4.21. The van der Waals surface area contributed by atoms with Gasteiger partial charge >= 0.3 is 5.97 Å². The number of sulfonamides is 1. The van der Waals surface area contributed by atoms with E-state index in [1.54, 1.807) is 30.3 Å². The van der Waals surface area contributed by atoms with Crippen LogP contribution in [0.2, 0.25) is 5.02 Å². The number of carbonyl (C=O) groups is 1. The van der Waals surface area contributed by atoms with Crippen molar-refractivity contribution >= 4 is 33.7 Å². The van der Waals surface area contributed by atoms with Crippen molar-refractivity contribution in [2.75, 3.05) is 0 Å². The van der Waals surface area contributed by atoms with Crippen molar-refractivity contribution in [3.05, 3.63) is 52.4 Å². The minimum atomic E-state index is -3.49. The molecular weight excluding hydrogens is 374 g/mol. The molecule has 0 radical (unpaired) electrons. The van der Waals surface area contributed by atoms with Crippen LogP contribution in [0.1, 0.15) is 44.1 Å². The first-order chi connectivity index (χ1) is 12.3. The number of nitrogens with one attached hydrogen (secondary N) is 1. The molecular formula is C19H24ClNO4S. The van der Waals surface area contributed by atoms with Gasteiger partial charge in [-0.1, -0.05) is 35.9 Å². The maximum atomic E-state index is 12.2. The minimum absolute atomic E-state index is 0.0662. The topological polar surface area (TPSA) is 83.5 Å². The van der Waals surface area contributed by atoms with Gasteiger partial charge in [-0.2, -0.15) is 0 Å². The first-order valence-corrected chi connectivity index (χ1v) is 10.6. The monoisotopic (exact) mass is 397 g/mol. The van der Waals surface area contributed by atoms with Crippen LogP contribution in [0.15, 0.2) is 41.8 Å². The van der Waals surface area contributed by atoms with Crippen LogP contribution in [-0.4, -0.2) is 25.5 Å². The van der Waals surface area contributed by atoms with Gasteiger partial charge in [0, 0.05) is 22.9 Å². The van der Waals surface area contributed by atoms with Crippen LogP contribution in [0.4, 0.5) is 0 Å². The van der Waals surface area contributed by atoms with E-state index in [1.807, 2.05) is 6.08 Å². The van der Waals surface area contributed by atoms with E-state index in [0.717, 1.165) is 31.2 Å². The summed E-state index contributed by atoms with van der Waals surface area (Å²) in [5.41, 5.74) is 0.772. The lowest BCUT2D eigenvalue weighted by molar-refractivity contribution is -0.137. The summed E-state index contributed by atoms with van der Waals surface area (Å²) in [4.78, 5) is 10.5. The normalized spacial score (nSPS) is 21.0. The summed E-state index contributed by atoms with van der Waals surface area (Å²) < 4.78 is 27.1. The van der Waals surface area contributed by atoms with Crippen LogP contribution in [-0.2, 0) is 14.8 Å². The van der Waals surface area contributed by atoms with Gasteiger partial charge in [-0.15, -0.1) is 0 Å². The standard InChI is InChI=1S/C19H24ClNO4S/c20-17-9-6-15(7-10-17)12-13-26(24,25)21-18-11-8-16(14-18)4-2-1-3-5-19(22)23/h2,4,6-7,9-10,12-13,16,18,21H,1,3,5,8,11,14H2,(H,22,23)/b4-2+,13-12+. The van der Waals surface area contributed by atoms with Gasteiger partial charge in [0.15, 0.2) is 0 Å². The fraction of sp³-hybridized carbons (Fsp3) is 0.421. The predicted molar refractivity (Wildman–Crippen MR) is 104 cm³/mol. The molecule has 7 heteroatoms. The molecule has 2 atom stereocenters. The number of benzene rings is 1. The number of allylic oxidation sites excluding steroid dienone is 2. The second-order valence-corrected chi connectivity index (χ2v) is 8.54. The summed E-state index contributed by atoms with van der Waals surface area (Å²) in [5, 5.41) is 10.4. The summed E-state index contributed by atoms with van der Waals surface area (Å²) in [6.45, 7) is 0. The lowest BCUT2D eigenvalue weighted by Crippen LogP contribution is -2.31. The summed E-state index contributed by atoms with van der Waals surface area (Å²) in [6, 6.07) is 6.88. The molecule has 0 saturated heterocycles. The summed E-state index contributed by atoms with van der Waals surface area (Å²) >= 11 is 5.81. The first-order valence-electron chi connectivity index (χ1n) is 8.68. The SMILES string of the molecule is O=C(O)CCC/C=C/C1CCC(NS(=O)(=O)/C=C/c2ccc(Cl)cc2)C1. The number of unbranched alkanes of at least 4 members (excludes halogenated alkanes) is 1. The Morgan fingerprint density at radius 1 is 1.27 bits per heavy atom.